The molecule has 3 unspecified atom stereocenters. The molecular formula is C8H14O2. The van der Waals surface area contributed by atoms with Gasteiger partial charge in [-0.15, -0.1) is 0 Å². The first-order valence-corrected chi connectivity index (χ1v) is 4.20. The van der Waals surface area contributed by atoms with E-state index in [-0.39, 0.29) is 12.2 Å². The maximum atomic E-state index is 9.45. The van der Waals surface area contributed by atoms with Crippen LogP contribution in [0.2, 0.25) is 0 Å². The van der Waals surface area contributed by atoms with Crippen LogP contribution in [0, 0.1) is 0 Å². The average Bonchev–Trinajstić information content (AvgIpc) is 2.27. The minimum absolute atomic E-state index is 0.174. The second-order valence-electron chi connectivity index (χ2n) is 3.37. The van der Waals surface area contributed by atoms with Crippen molar-refractivity contribution in [1.29, 1.82) is 0 Å². The van der Waals surface area contributed by atoms with E-state index in [0.29, 0.717) is 6.10 Å². The molecule has 0 aromatic carbocycles. The molecule has 0 radical (unpaired) electrons. The number of fused-ring (bicyclic) bond motifs is 2. The minimum Gasteiger partial charge on any atom is -0.390 e. The Morgan fingerprint density at radius 3 is 2.90 bits per heavy atom. The topological polar surface area (TPSA) is 29.5 Å². The molecule has 0 saturated carbocycles. The van der Waals surface area contributed by atoms with E-state index in [1.54, 1.807) is 0 Å². The Labute approximate surface area is 61.2 Å². The Morgan fingerprint density at radius 2 is 2.00 bits per heavy atom. The van der Waals surface area contributed by atoms with Crippen molar-refractivity contribution >= 4 is 0 Å². The van der Waals surface area contributed by atoms with Gasteiger partial charge in [-0.3, -0.25) is 0 Å². The van der Waals surface area contributed by atoms with Crippen molar-refractivity contribution in [3.8, 4) is 0 Å². The van der Waals surface area contributed by atoms with Crippen LogP contribution in [0.3, 0.4) is 0 Å². The summed E-state index contributed by atoms with van der Waals surface area (Å²) in [6.45, 7) is 0. The van der Waals surface area contributed by atoms with Crippen LogP contribution in [0.4, 0.5) is 0 Å². The summed E-state index contributed by atoms with van der Waals surface area (Å²) in [4.78, 5) is 0. The molecule has 2 heterocycles. The molecule has 58 valence electrons. The fourth-order valence-corrected chi connectivity index (χ4v) is 1.97. The van der Waals surface area contributed by atoms with Gasteiger partial charge in [-0.2, -0.15) is 0 Å². The summed E-state index contributed by atoms with van der Waals surface area (Å²) in [5.74, 6) is 0. The van der Waals surface area contributed by atoms with E-state index in [1.165, 1.54) is 6.42 Å². The smallest absolute Gasteiger partial charge is 0.0838 e. The fraction of sp³-hybridized carbons (Fsp3) is 1.00. The SMILES string of the molecule is OC1CCCC2CCC1O2. The Hall–Kier alpha value is -0.0800. The number of hydrogen-bond acceptors (Lipinski definition) is 2. The summed E-state index contributed by atoms with van der Waals surface area (Å²) in [7, 11) is 0. The highest BCUT2D eigenvalue weighted by Crippen LogP contribution is 2.30. The van der Waals surface area contributed by atoms with E-state index in [9.17, 15) is 5.11 Å². The highest BCUT2D eigenvalue weighted by atomic mass is 16.5. The van der Waals surface area contributed by atoms with Crippen LogP contribution in [0.25, 0.3) is 0 Å². The van der Waals surface area contributed by atoms with Crippen LogP contribution in [-0.4, -0.2) is 23.4 Å². The lowest BCUT2D eigenvalue weighted by molar-refractivity contribution is -0.0206. The summed E-state index contributed by atoms with van der Waals surface area (Å²) in [6.07, 6.45) is 5.96. The third-order valence-electron chi connectivity index (χ3n) is 2.60. The summed E-state index contributed by atoms with van der Waals surface area (Å²) in [5, 5.41) is 9.45. The average molecular weight is 142 g/mol. The summed E-state index contributed by atoms with van der Waals surface area (Å²) >= 11 is 0. The minimum atomic E-state index is -0.174. The van der Waals surface area contributed by atoms with Gasteiger partial charge in [-0.05, 0) is 32.1 Å². The van der Waals surface area contributed by atoms with Gasteiger partial charge in [0.15, 0.2) is 0 Å². The molecular weight excluding hydrogens is 128 g/mol. The molecule has 2 aliphatic rings. The summed E-state index contributed by atoms with van der Waals surface area (Å²) in [5.41, 5.74) is 0. The van der Waals surface area contributed by atoms with Crippen molar-refractivity contribution in [2.24, 2.45) is 0 Å². The number of aliphatic hydroxyl groups excluding tert-OH is 1. The van der Waals surface area contributed by atoms with Gasteiger partial charge in [0.05, 0.1) is 18.3 Å². The normalized spacial score (nSPS) is 47.1. The van der Waals surface area contributed by atoms with E-state index < -0.39 is 0 Å². The van der Waals surface area contributed by atoms with Crippen LogP contribution in [0.5, 0.6) is 0 Å². The molecule has 2 rings (SSSR count). The van der Waals surface area contributed by atoms with Gasteiger partial charge in [0.2, 0.25) is 0 Å². The number of aliphatic hydroxyl groups is 1. The molecule has 0 aromatic rings. The second-order valence-corrected chi connectivity index (χ2v) is 3.37. The first-order valence-electron chi connectivity index (χ1n) is 4.20. The lowest BCUT2D eigenvalue weighted by Crippen LogP contribution is -2.23. The quantitative estimate of drug-likeness (QED) is 0.548. The van der Waals surface area contributed by atoms with Crippen molar-refractivity contribution < 1.29 is 9.84 Å². The maximum absolute atomic E-state index is 9.45. The van der Waals surface area contributed by atoms with Gasteiger partial charge >= 0.3 is 0 Å². The second kappa shape index (κ2) is 2.51. The molecule has 3 atom stereocenters. The van der Waals surface area contributed by atoms with Gasteiger partial charge in [0.1, 0.15) is 0 Å². The Morgan fingerprint density at radius 1 is 1.10 bits per heavy atom. The monoisotopic (exact) mass is 142 g/mol. The van der Waals surface area contributed by atoms with Gasteiger partial charge < -0.3 is 9.84 Å². The van der Waals surface area contributed by atoms with Crippen LogP contribution >= 0.6 is 0 Å². The fourth-order valence-electron chi connectivity index (χ4n) is 1.97. The Balaban J connectivity index is 2.03. The van der Waals surface area contributed by atoms with Crippen LogP contribution < -0.4 is 0 Å². The zero-order chi connectivity index (χ0) is 6.97. The van der Waals surface area contributed by atoms with Gasteiger partial charge in [-0.25, -0.2) is 0 Å². The number of rotatable bonds is 0. The van der Waals surface area contributed by atoms with Crippen molar-refractivity contribution in [2.45, 2.75) is 50.4 Å². The van der Waals surface area contributed by atoms with E-state index in [4.69, 9.17) is 4.74 Å². The van der Waals surface area contributed by atoms with Gasteiger partial charge in [-0.1, -0.05) is 0 Å². The Bertz CT molecular complexity index is 124. The highest BCUT2D eigenvalue weighted by Gasteiger charge is 2.32. The predicted octanol–water partition coefficient (Wildman–Crippen LogP) is 1.08. The molecule has 2 fully saturated rings. The third kappa shape index (κ3) is 1.06. The molecule has 0 amide bonds. The highest BCUT2D eigenvalue weighted by molar-refractivity contribution is 4.82. The molecule has 2 heteroatoms. The zero-order valence-corrected chi connectivity index (χ0v) is 6.12. The first-order chi connectivity index (χ1) is 4.86. The summed E-state index contributed by atoms with van der Waals surface area (Å²) in [6, 6.07) is 0. The van der Waals surface area contributed by atoms with E-state index in [2.05, 4.69) is 0 Å². The maximum Gasteiger partial charge on any atom is 0.0838 e. The van der Waals surface area contributed by atoms with Gasteiger partial charge in [0.25, 0.3) is 0 Å². The molecule has 2 bridgehead atoms. The molecule has 1 N–H and O–H groups in total. The lowest BCUT2D eigenvalue weighted by atomic mass is 9.99. The largest absolute Gasteiger partial charge is 0.390 e. The third-order valence-corrected chi connectivity index (χ3v) is 2.60. The zero-order valence-electron chi connectivity index (χ0n) is 6.12. The van der Waals surface area contributed by atoms with E-state index >= 15 is 0 Å². The lowest BCUT2D eigenvalue weighted by Gasteiger charge is -2.14. The molecule has 10 heavy (non-hydrogen) atoms. The number of hydrogen-bond donors (Lipinski definition) is 1. The van der Waals surface area contributed by atoms with Crippen molar-refractivity contribution in [2.75, 3.05) is 0 Å². The van der Waals surface area contributed by atoms with Crippen molar-refractivity contribution in [3.63, 3.8) is 0 Å². The standard InChI is InChI=1S/C8H14O2/c9-7-3-1-2-6-4-5-8(7)10-6/h6-9H,1-5H2. The molecule has 0 aliphatic carbocycles. The van der Waals surface area contributed by atoms with Crippen LogP contribution in [-0.2, 0) is 4.74 Å². The van der Waals surface area contributed by atoms with Crippen molar-refractivity contribution in [3.05, 3.63) is 0 Å². The van der Waals surface area contributed by atoms with Crippen LogP contribution in [0.15, 0.2) is 0 Å². The molecule has 2 nitrogen and oxygen atoms in total. The van der Waals surface area contributed by atoms with Crippen molar-refractivity contribution in [1.82, 2.24) is 0 Å². The molecule has 2 aliphatic heterocycles. The first kappa shape index (κ1) is 6.62. The summed E-state index contributed by atoms with van der Waals surface area (Å²) < 4.78 is 5.58. The van der Waals surface area contributed by atoms with Gasteiger partial charge in [0, 0.05) is 0 Å². The predicted molar refractivity (Wildman–Crippen MR) is 37.8 cm³/mol. The molecule has 0 aromatic heterocycles. The number of ether oxygens (including phenoxy) is 1. The van der Waals surface area contributed by atoms with Crippen LogP contribution in [0.1, 0.15) is 32.1 Å². The van der Waals surface area contributed by atoms with E-state index in [0.717, 1.165) is 25.7 Å². The molecule has 0 spiro atoms. The van der Waals surface area contributed by atoms with E-state index in [1.807, 2.05) is 0 Å². The Kier molecular flexibility index (Phi) is 1.66. The molecule has 2 saturated heterocycles.